The fraction of sp³-hybridized carbons (Fsp3) is 0.235. The highest BCUT2D eigenvalue weighted by atomic mass is 19.4. The molecule has 0 atom stereocenters. The number of Topliss-reactive ketones (excluding diaryl/α,β-unsaturated/α-hetero) is 1. The maximum absolute atomic E-state index is 11.9. The SMILES string of the molecule is O=C(COCC(F)(F)F)c1ccc(OCc2ccccc2)cc1. The van der Waals surface area contributed by atoms with Crippen molar-refractivity contribution in [3.8, 4) is 5.75 Å². The van der Waals surface area contributed by atoms with Gasteiger partial charge in [-0.15, -0.1) is 0 Å². The largest absolute Gasteiger partial charge is 0.489 e. The Hall–Kier alpha value is -2.34. The number of rotatable bonds is 7. The molecule has 0 unspecified atom stereocenters. The number of hydrogen-bond acceptors (Lipinski definition) is 3. The smallest absolute Gasteiger partial charge is 0.411 e. The van der Waals surface area contributed by atoms with Gasteiger partial charge >= 0.3 is 6.18 Å². The first-order valence-corrected chi connectivity index (χ1v) is 6.88. The maximum Gasteiger partial charge on any atom is 0.411 e. The van der Waals surface area contributed by atoms with E-state index >= 15 is 0 Å². The maximum atomic E-state index is 11.9. The number of carbonyl (C=O) groups excluding carboxylic acids is 1. The third-order valence-electron chi connectivity index (χ3n) is 2.92. The quantitative estimate of drug-likeness (QED) is 0.722. The number of halogens is 3. The predicted molar refractivity (Wildman–Crippen MR) is 78.4 cm³/mol. The van der Waals surface area contributed by atoms with Crippen molar-refractivity contribution in [2.45, 2.75) is 12.8 Å². The van der Waals surface area contributed by atoms with E-state index in [0.29, 0.717) is 12.4 Å². The number of hydrogen-bond donors (Lipinski definition) is 0. The Morgan fingerprint density at radius 1 is 0.957 bits per heavy atom. The molecule has 0 amide bonds. The van der Waals surface area contributed by atoms with Crippen molar-refractivity contribution in [1.29, 1.82) is 0 Å². The van der Waals surface area contributed by atoms with Gasteiger partial charge in [0.05, 0.1) is 0 Å². The molecule has 0 radical (unpaired) electrons. The molecule has 0 saturated heterocycles. The van der Waals surface area contributed by atoms with Crippen molar-refractivity contribution in [3.05, 3.63) is 65.7 Å². The summed E-state index contributed by atoms with van der Waals surface area (Å²) in [4.78, 5) is 11.7. The minimum atomic E-state index is -4.44. The Bertz CT molecular complexity index is 622. The zero-order valence-corrected chi connectivity index (χ0v) is 12.2. The van der Waals surface area contributed by atoms with Gasteiger partial charge in [-0.1, -0.05) is 30.3 Å². The number of alkyl halides is 3. The van der Waals surface area contributed by atoms with Gasteiger partial charge in [0, 0.05) is 5.56 Å². The summed E-state index contributed by atoms with van der Waals surface area (Å²) >= 11 is 0. The van der Waals surface area contributed by atoms with Gasteiger partial charge in [0.15, 0.2) is 5.78 Å². The molecule has 2 aromatic rings. The van der Waals surface area contributed by atoms with E-state index in [1.54, 1.807) is 12.1 Å². The first-order valence-electron chi connectivity index (χ1n) is 6.88. The number of ether oxygens (including phenoxy) is 2. The Balaban J connectivity index is 1.83. The lowest BCUT2D eigenvalue weighted by Gasteiger charge is -2.08. The molecule has 3 nitrogen and oxygen atoms in total. The zero-order chi connectivity index (χ0) is 16.7. The highest BCUT2D eigenvalue weighted by Crippen LogP contribution is 2.16. The lowest BCUT2D eigenvalue weighted by atomic mass is 10.1. The van der Waals surface area contributed by atoms with E-state index in [2.05, 4.69) is 4.74 Å². The molecular weight excluding hydrogens is 309 g/mol. The third-order valence-corrected chi connectivity index (χ3v) is 2.92. The molecule has 2 rings (SSSR count). The first kappa shape index (κ1) is 17.0. The molecular formula is C17H15F3O3. The molecule has 0 aliphatic heterocycles. The van der Waals surface area contributed by atoms with Crippen molar-refractivity contribution >= 4 is 5.78 Å². The van der Waals surface area contributed by atoms with Crippen LogP contribution in [0.5, 0.6) is 5.75 Å². The predicted octanol–water partition coefficient (Wildman–Crippen LogP) is 4.03. The van der Waals surface area contributed by atoms with Crippen molar-refractivity contribution in [3.63, 3.8) is 0 Å². The number of carbonyl (C=O) groups is 1. The van der Waals surface area contributed by atoms with Crippen molar-refractivity contribution in [2.75, 3.05) is 13.2 Å². The molecule has 0 heterocycles. The van der Waals surface area contributed by atoms with Crippen molar-refractivity contribution in [2.24, 2.45) is 0 Å². The fourth-order valence-electron chi connectivity index (χ4n) is 1.82. The van der Waals surface area contributed by atoms with E-state index < -0.39 is 25.2 Å². The minimum absolute atomic E-state index is 0.277. The molecule has 0 spiro atoms. The van der Waals surface area contributed by atoms with Crippen LogP contribution in [0.3, 0.4) is 0 Å². The van der Waals surface area contributed by atoms with Gasteiger partial charge in [0.2, 0.25) is 0 Å². The highest BCUT2D eigenvalue weighted by molar-refractivity contribution is 5.97. The summed E-state index contributed by atoms with van der Waals surface area (Å²) in [5, 5.41) is 0. The van der Waals surface area contributed by atoms with Crippen LogP contribution in [0.15, 0.2) is 54.6 Å². The lowest BCUT2D eigenvalue weighted by Crippen LogP contribution is -2.20. The normalized spacial score (nSPS) is 11.3. The summed E-state index contributed by atoms with van der Waals surface area (Å²) in [5.74, 6) is 0.0606. The van der Waals surface area contributed by atoms with Crippen LogP contribution < -0.4 is 4.74 Å². The average Bonchev–Trinajstić information content (AvgIpc) is 2.53. The monoisotopic (exact) mass is 324 g/mol. The van der Waals surface area contributed by atoms with Gasteiger partial charge in [-0.3, -0.25) is 4.79 Å². The lowest BCUT2D eigenvalue weighted by molar-refractivity contribution is -0.170. The molecule has 122 valence electrons. The van der Waals surface area contributed by atoms with Crippen LogP contribution in [0.1, 0.15) is 15.9 Å². The Morgan fingerprint density at radius 2 is 1.61 bits per heavy atom. The minimum Gasteiger partial charge on any atom is -0.489 e. The second kappa shape index (κ2) is 7.78. The molecule has 0 N–H and O–H groups in total. The molecule has 23 heavy (non-hydrogen) atoms. The van der Waals surface area contributed by atoms with Gasteiger partial charge in [-0.25, -0.2) is 0 Å². The van der Waals surface area contributed by atoms with Crippen LogP contribution in [0, 0.1) is 0 Å². The topological polar surface area (TPSA) is 35.5 Å². The van der Waals surface area contributed by atoms with Crippen LogP contribution >= 0.6 is 0 Å². The van der Waals surface area contributed by atoms with Gasteiger partial charge in [-0.2, -0.15) is 13.2 Å². The van der Waals surface area contributed by atoms with Crippen molar-refractivity contribution < 1.29 is 27.4 Å². The van der Waals surface area contributed by atoms with E-state index in [4.69, 9.17) is 4.74 Å². The molecule has 2 aromatic carbocycles. The van der Waals surface area contributed by atoms with Crippen LogP contribution in [0.25, 0.3) is 0 Å². The highest BCUT2D eigenvalue weighted by Gasteiger charge is 2.27. The summed E-state index contributed by atoms with van der Waals surface area (Å²) in [6.45, 7) is -1.65. The summed E-state index contributed by atoms with van der Waals surface area (Å²) in [6.07, 6.45) is -4.44. The third kappa shape index (κ3) is 6.12. The van der Waals surface area contributed by atoms with Crippen molar-refractivity contribution in [1.82, 2.24) is 0 Å². The number of ketones is 1. The van der Waals surface area contributed by atoms with Crippen LogP contribution in [0.2, 0.25) is 0 Å². The van der Waals surface area contributed by atoms with E-state index in [9.17, 15) is 18.0 Å². The standard InChI is InChI=1S/C17H15F3O3/c18-17(19,20)12-22-11-16(21)14-6-8-15(9-7-14)23-10-13-4-2-1-3-5-13/h1-9H,10-12H2. The summed E-state index contributed by atoms with van der Waals surface area (Å²) in [7, 11) is 0. The van der Waals surface area contributed by atoms with Gasteiger partial charge in [-0.05, 0) is 29.8 Å². The van der Waals surface area contributed by atoms with Crippen LogP contribution in [0.4, 0.5) is 13.2 Å². The van der Waals surface area contributed by atoms with E-state index in [-0.39, 0.29) is 5.56 Å². The first-order chi connectivity index (χ1) is 10.9. The molecule has 6 heteroatoms. The van der Waals surface area contributed by atoms with E-state index in [1.807, 2.05) is 30.3 Å². The molecule has 0 aromatic heterocycles. The van der Waals surface area contributed by atoms with Gasteiger partial charge in [0.25, 0.3) is 0 Å². The van der Waals surface area contributed by atoms with Gasteiger partial charge in [0.1, 0.15) is 25.6 Å². The Labute approximate surface area is 131 Å². The van der Waals surface area contributed by atoms with Gasteiger partial charge < -0.3 is 9.47 Å². The fourth-order valence-corrected chi connectivity index (χ4v) is 1.82. The summed E-state index contributed by atoms with van der Waals surface area (Å²) in [6, 6.07) is 15.8. The summed E-state index contributed by atoms with van der Waals surface area (Å²) in [5.41, 5.74) is 1.28. The zero-order valence-electron chi connectivity index (χ0n) is 12.2. The average molecular weight is 324 g/mol. The van der Waals surface area contributed by atoms with Crippen LogP contribution in [-0.2, 0) is 11.3 Å². The molecule has 0 saturated carbocycles. The molecule has 0 aliphatic carbocycles. The molecule has 0 fully saturated rings. The van der Waals surface area contributed by atoms with E-state index in [0.717, 1.165) is 5.56 Å². The second-order valence-corrected chi connectivity index (χ2v) is 4.83. The Kier molecular flexibility index (Phi) is 5.76. The summed E-state index contributed by atoms with van der Waals surface area (Å²) < 4.78 is 45.7. The molecule has 0 aliphatic rings. The second-order valence-electron chi connectivity index (χ2n) is 4.83. The van der Waals surface area contributed by atoms with E-state index in [1.165, 1.54) is 12.1 Å². The molecule has 0 bridgehead atoms. The number of benzene rings is 2. The van der Waals surface area contributed by atoms with Crippen LogP contribution in [-0.4, -0.2) is 25.2 Å². The Morgan fingerprint density at radius 3 is 2.22 bits per heavy atom.